The van der Waals surface area contributed by atoms with E-state index < -0.39 is 42.8 Å². The van der Waals surface area contributed by atoms with Crippen LogP contribution in [-0.2, 0) is 9.53 Å². The molecule has 1 aromatic heterocycles. The number of aliphatic carboxylic acids is 1. The maximum atomic E-state index is 11.1. The van der Waals surface area contributed by atoms with E-state index in [4.69, 9.17) is 14.9 Å². The Hall–Kier alpha value is -2.04. The van der Waals surface area contributed by atoms with Gasteiger partial charge in [0.2, 0.25) is 5.76 Å². The van der Waals surface area contributed by atoms with Gasteiger partial charge in [0.1, 0.15) is 24.6 Å². The van der Waals surface area contributed by atoms with Crippen molar-refractivity contribution in [3.05, 3.63) is 18.2 Å². The van der Waals surface area contributed by atoms with Gasteiger partial charge < -0.3 is 25.2 Å². The highest BCUT2D eigenvalue weighted by molar-refractivity contribution is 5.84. The third-order valence-corrected chi connectivity index (χ3v) is 3.44. The molecule has 0 saturated carbocycles. The highest BCUT2D eigenvalue weighted by Gasteiger charge is 2.41. The van der Waals surface area contributed by atoms with Gasteiger partial charge >= 0.3 is 5.97 Å². The first-order valence-corrected chi connectivity index (χ1v) is 6.27. The number of allylic oxidation sites excluding steroid dienone is 1. The van der Waals surface area contributed by atoms with Crippen LogP contribution in [0.3, 0.4) is 0 Å². The van der Waals surface area contributed by atoms with E-state index >= 15 is 0 Å². The molecule has 0 aromatic carbocycles. The van der Waals surface area contributed by atoms with Crippen molar-refractivity contribution in [1.29, 1.82) is 0 Å². The maximum absolute atomic E-state index is 11.1. The molecular weight excluding hydrogens is 284 g/mol. The second-order valence-electron chi connectivity index (χ2n) is 4.80. The number of rotatable bonds is 5. The number of carboxylic acid groups (broad SMARTS) is 1. The number of aliphatic hydroxyl groups is 3. The molecule has 0 unspecified atom stereocenters. The van der Waals surface area contributed by atoms with Gasteiger partial charge in [0, 0.05) is 5.92 Å². The molecule has 1 aliphatic rings. The van der Waals surface area contributed by atoms with Crippen LogP contribution in [0.2, 0.25) is 0 Å². The van der Waals surface area contributed by atoms with Crippen LogP contribution >= 0.6 is 0 Å². The molecule has 0 amide bonds. The number of ether oxygens (including phenoxy) is 1. The van der Waals surface area contributed by atoms with Crippen LogP contribution in [0.15, 0.2) is 18.2 Å². The summed E-state index contributed by atoms with van der Waals surface area (Å²) in [6.07, 6.45) is -1.28. The number of hydrogen-bond donors (Lipinski definition) is 4. The fourth-order valence-electron chi connectivity index (χ4n) is 2.25. The molecule has 116 valence electrons. The third kappa shape index (κ3) is 3.01. The van der Waals surface area contributed by atoms with E-state index in [1.165, 1.54) is 17.1 Å². The van der Waals surface area contributed by atoms with Crippen molar-refractivity contribution in [2.45, 2.75) is 31.3 Å². The normalized spacial score (nSPS) is 28.4. The predicted molar refractivity (Wildman–Crippen MR) is 65.7 cm³/mol. The molecule has 0 radical (unpaired) electrons. The SMILES string of the molecule is C[C@H]1[C@H]([C@H](O)[C@H](O)CO)OC(C(=O)O)=C[C@@H]1n1cnnn1. The fraction of sp³-hybridized carbons (Fsp3) is 0.636. The van der Waals surface area contributed by atoms with Crippen molar-refractivity contribution in [3.63, 3.8) is 0 Å². The van der Waals surface area contributed by atoms with Crippen molar-refractivity contribution in [2.24, 2.45) is 5.92 Å². The number of tetrazole rings is 1. The molecule has 10 heteroatoms. The van der Waals surface area contributed by atoms with E-state index in [2.05, 4.69) is 15.5 Å². The molecule has 1 aromatic rings. The zero-order chi connectivity index (χ0) is 15.6. The van der Waals surface area contributed by atoms with Crippen LogP contribution in [-0.4, -0.2) is 71.5 Å². The van der Waals surface area contributed by atoms with Gasteiger partial charge in [-0.2, -0.15) is 0 Å². The Labute approximate surface area is 119 Å². The lowest BCUT2D eigenvalue weighted by Crippen LogP contribution is -2.48. The molecule has 0 fully saturated rings. The lowest BCUT2D eigenvalue weighted by molar-refractivity contribution is -0.148. The summed E-state index contributed by atoms with van der Waals surface area (Å²) in [5.74, 6) is -2.12. The smallest absolute Gasteiger partial charge is 0.370 e. The van der Waals surface area contributed by atoms with Gasteiger partial charge in [0.05, 0.1) is 12.6 Å². The first-order valence-electron chi connectivity index (χ1n) is 6.27. The van der Waals surface area contributed by atoms with Gasteiger partial charge in [0.25, 0.3) is 0 Å². The Bertz CT molecular complexity index is 519. The van der Waals surface area contributed by atoms with Gasteiger partial charge in [-0.15, -0.1) is 5.10 Å². The third-order valence-electron chi connectivity index (χ3n) is 3.44. The molecule has 0 aliphatic carbocycles. The van der Waals surface area contributed by atoms with Crippen molar-refractivity contribution < 1.29 is 30.0 Å². The van der Waals surface area contributed by atoms with E-state index in [-0.39, 0.29) is 5.76 Å². The zero-order valence-electron chi connectivity index (χ0n) is 11.1. The molecule has 5 atom stereocenters. The summed E-state index contributed by atoms with van der Waals surface area (Å²) in [7, 11) is 0. The molecule has 10 nitrogen and oxygen atoms in total. The highest BCUT2D eigenvalue weighted by atomic mass is 16.5. The highest BCUT2D eigenvalue weighted by Crippen LogP contribution is 2.33. The second-order valence-corrected chi connectivity index (χ2v) is 4.80. The fourth-order valence-corrected chi connectivity index (χ4v) is 2.25. The van der Waals surface area contributed by atoms with E-state index in [0.29, 0.717) is 0 Å². The molecule has 0 saturated heterocycles. The number of aliphatic hydroxyl groups excluding tert-OH is 3. The summed E-state index contributed by atoms with van der Waals surface area (Å²) >= 11 is 0. The molecule has 0 spiro atoms. The summed E-state index contributed by atoms with van der Waals surface area (Å²) in [6.45, 7) is 1.02. The summed E-state index contributed by atoms with van der Waals surface area (Å²) in [6, 6.07) is -0.564. The van der Waals surface area contributed by atoms with Crippen molar-refractivity contribution in [1.82, 2.24) is 20.2 Å². The van der Waals surface area contributed by atoms with E-state index in [1.807, 2.05) is 0 Å². The van der Waals surface area contributed by atoms with Gasteiger partial charge in [-0.25, -0.2) is 9.48 Å². The first-order chi connectivity index (χ1) is 9.95. The van der Waals surface area contributed by atoms with Crippen LogP contribution in [0, 0.1) is 5.92 Å². The van der Waals surface area contributed by atoms with Crippen molar-refractivity contribution >= 4 is 5.97 Å². The molecule has 1 aliphatic heterocycles. The average Bonchev–Trinajstić information content (AvgIpc) is 2.99. The molecule has 4 N–H and O–H groups in total. The Morgan fingerprint density at radius 2 is 2.24 bits per heavy atom. The minimum Gasteiger partial charge on any atom is -0.480 e. The molecule has 2 rings (SSSR count). The van der Waals surface area contributed by atoms with Crippen molar-refractivity contribution in [3.8, 4) is 0 Å². The molecule has 21 heavy (non-hydrogen) atoms. The van der Waals surface area contributed by atoms with Crippen LogP contribution in [0.25, 0.3) is 0 Å². The molecule has 2 heterocycles. The largest absolute Gasteiger partial charge is 0.480 e. The quantitative estimate of drug-likeness (QED) is 0.480. The van der Waals surface area contributed by atoms with Crippen LogP contribution in [0.5, 0.6) is 0 Å². The summed E-state index contributed by atoms with van der Waals surface area (Å²) in [4.78, 5) is 11.1. The standard InChI is InChI=1S/C11H16N4O6/c1-5-6(15-4-12-13-14-15)2-8(11(19)20)21-10(5)9(18)7(17)3-16/h2,4-7,9-10,16-18H,3H2,1H3,(H,19,20)/t5-,6+,7-,9-,10-/m1/s1. The average molecular weight is 300 g/mol. The monoisotopic (exact) mass is 300 g/mol. The number of hydrogen-bond acceptors (Lipinski definition) is 8. The Morgan fingerprint density at radius 3 is 2.76 bits per heavy atom. The number of nitrogens with zero attached hydrogens (tertiary/aromatic N) is 4. The summed E-state index contributed by atoms with van der Waals surface area (Å²) in [5.41, 5.74) is 0. The van der Waals surface area contributed by atoms with Crippen molar-refractivity contribution in [2.75, 3.05) is 6.61 Å². The maximum Gasteiger partial charge on any atom is 0.370 e. The zero-order valence-corrected chi connectivity index (χ0v) is 11.1. The number of aromatic nitrogens is 4. The summed E-state index contributed by atoms with van der Waals surface area (Å²) < 4.78 is 6.57. The molecular formula is C11H16N4O6. The Balaban J connectivity index is 2.33. The topological polar surface area (TPSA) is 151 Å². The summed E-state index contributed by atoms with van der Waals surface area (Å²) in [5, 5.41) is 48.2. The first kappa shape index (κ1) is 15.4. The lowest BCUT2D eigenvalue weighted by Gasteiger charge is -2.37. The number of carboxylic acids is 1. The Kier molecular flexibility index (Phi) is 4.50. The predicted octanol–water partition coefficient (Wildman–Crippen LogP) is -2.07. The minimum atomic E-state index is -1.45. The minimum absolute atomic E-state index is 0.372. The van der Waals surface area contributed by atoms with Gasteiger partial charge in [0.15, 0.2) is 0 Å². The van der Waals surface area contributed by atoms with Gasteiger partial charge in [-0.05, 0) is 16.5 Å². The van der Waals surface area contributed by atoms with E-state index in [0.717, 1.165) is 0 Å². The number of carbonyl (C=O) groups is 1. The van der Waals surface area contributed by atoms with E-state index in [1.54, 1.807) is 6.92 Å². The van der Waals surface area contributed by atoms with Crippen LogP contribution in [0.1, 0.15) is 13.0 Å². The van der Waals surface area contributed by atoms with Crippen LogP contribution in [0.4, 0.5) is 0 Å². The second kappa shape index (κ2) is 6.16. The van der Waals surface area contributed by atoms with E-state index in [9.17, 15) is 15.0 Å². The Morgan fingerprint density at radius 1 is 1.52 bits per heavy atom. The van der Waals surface area contributed by atoms with Gasteiger partial charge in [-0.1, -0.05) is 6.92 Å². The lowest BCUT2D eigenvalue weighted by atomic mass is 9.87. The van der Waals surface area contributed by atoms with Crippen LogP contribution < -0.4 is 0 Å². The molecule has 0 bridgehead atoms. The van der Waals surface area contributed by atoms with Gasteiger partial charge in [-0.3, -0.25) is 0 Å².